The molecular formula is C31H32O6. The zero-order valence-electron chi connectivity index (χ0n) is 21.6. The molecule has 0 radical (unpaired) electrons. The van der Waals surface area contributed by atoms with Crippen LogP contribution in [0.5, 0.6) is 17.2 Å². The van der Waals surface area contributed by atoms with Gasteiger partial charge in [0, 0.05) is 16.7 Å². The van der Waals surface area contributed by atoms with Crippen molar-refractivity contribution < 1.29 is 28.6 Å². The third kappa shape index (κ3) is 7.17. The van der Waals surface area contributed by atoms with Gasteiger partial charge < -0.3 is 14.2 Å². The highest BCUT2D eigenvalue weighted by molar-refractivity contribution is 5.92. The van der Waals surface area contributed by atoms with Crippen LogP contribution in [0.25, 0.3) is 5.57 Å². The molecule has 0 aliphatic heterocycles. The van der Waals surface area contributed by atoms with E-state index in [9.17, 15) is 14.4 Å². The lowest BCUT2D eigenvalue weighted by atomic mass is 9.85. The second kappa shape index (κ2) is 12.2. The van der Waals surface area contributed by atoms with Crippen LogP contribution in [0, 0.1) is 0 Å². The molecule has 0 unspecified atom stereocenters. The molecule has 0 amide bonds. The predicted molar refractivity (Wildman–Crippen MR) is 143 cm³/mol. The van der Waals surface area contributed by atoms with E-state index < -0.39 is 17.9 Å². The zero-order valence-corrected chi connectivity index (χ0v) is 21.6. The van der Waals surface area contributed by atoms with Gasteiger partial charge in [0.05, 0.1) is 0 Å². The first kappa shape index (κ1) is 27.4. The van der Waals surface area contributed by atoms with E-state index in [0.29, 0.717) is 11.3 Å². The van der Waals surface area contributed by atoms with Crippen molar-refractivity contribution in [1.82, 2.24) is 0 Å². The Labute approximate surface area is 217 Å². The SMILES string of the molecule is C=C(C)C(=O)Oc1ccc(C(=C2CCCCC2)c2ccc(OC(=O)C(=C)C)c(OC(=O)C(=C)C)c2)cc1. The summed E-state index contributed by atoms with van der Waals surface area (Å²) in [6.07, 6.45) is 5.21. The van der Waals surface area contributed by atoms with Gasteiger partial charge in [0.1, 0.15) is 5.75 Å². The third-order valence-corrected chi connectivity index (χ3v) is 5.85. The lowest BCUT2D eigenvalue weighted by Gasteiger charge is -2.21. The van der Waals surface area contributed by atoms with E-state index >= 15 is 0 Å². The minimum atomic E-state index is -0.625. The molecule has 0 spiro atoms. The molecule has 1 fully saturated rings. The van der Waals surface area contributed by atoms with Gasteiger partial charge in [-0.1, -0.05) is 49.9 Å². The quantitative estimate of drug-likeness (QED) is 0.223. The van der Waals surface area contributed by atoms with Gasteiger partial charge in [-0.2, -0.15) is 0 Å². The number of allylic oxidation sites excluding steroid dienone is 1. The van der Waals surface area contributed by atoms with Crippen LogP contribution < -0.4 is 14.2 Å². The van der Waals surface area contributed by atoms with Crippen LogP contribution in [-0.2, 0) is 14.4 Å². The summed E-state index contributed by atoms with van der Waals surface area (Å²) in [4.78, 5) is 36.5. The van der Waals surface area contributed by atoms with Crippen LogP contribution in [0.4, 0.5) is 0 Å². The second-order valence-electron chi connectivity index (χ2n) is 9.23. The fourth-order valence-electron chi connectivity index (χ4n) is 3.89. The van der Waals surface area contributed by atoms with Gasteiger partial charge in [0.25, 0.3) is 0 Å². The highest BCUT2D eigenvalue weighted by Crippen LogP contribution is 2.39. The number of esters is 3. The summed E-state index contributed by atoms with van der Waals surface area (Å²) < 4.78 is 16.3. The Hall–Kier alpha value is -4.19. The van der Waals surface area contributed by atoms with Crippen molar-refractivity contribution >= 4 is 23.5 Å². The van der Waals surface area contributed by atoms with Gasteiger partial charge in [0.15, 0.2) is 11.5 Å². The van der Waals surface area contributed by atoms with Crippen LogP contribution in [0.2, 0.25) is 0 Å². The molecular weight excluding hydrogens is 468 g/mol. The standard InChI is InChI=1S/C31H32O6/c1-19(2)29(32)35-25-15-12-23(13-16-25)28(22-10-8-7-9-11-22)24-14-17-26(36-30(33)20(3)4)27(18-24)37-31(34)21(5)6/h12-18H,1,3,5,7-11H2,2,4,6H3. The van der Waals surface area contributed by atoms with Crippen LogP contribution in [-0.4, -0.2) is 17.9 Å². The van der Waals surface area contributed by atoms with Gasteiger partial charge in [-0.25, -0.2) is 14.4 Å². The maximum atomic E-state index is 12.4. The fraction of sp³-hybridized carbons (Fsp3) is 0.258. The molecule has 0 heterocycles. The Morgan fingerprint density at radius 2 is 1.11 bits per heavy atom. The molecule has 0 atom stereocenters. The van der Waals surface area contributed by atoms with E-state index in [4.69, 9.17) is 14.2 Å². The molecule has 2 aromatic rings. The van der Waals surface area contributed by atoms with Gasteiger partial charge in [-0.3, -0.25) is 0 Å². The Morgan fingerprint density at radius 1 is 0.622 bits per heavy atom. The highest BCUT2D eigenvalue weighted by Gasteiger charge is 2.20. The van der Waals surface area contributed by atoms with E-state index in [1.807, 2.05) is 18.2 Å². The molecule has 37 heavy (non-hydrogen) atoms. The van der Waals surface area contributed by atoms with Crippen molar-refractivity contribution in [3.8, 4) is 17.2 Å². The number of ether oxygens (including phenoxy) is 3. The fourth-order valence-corrected chi connectivity index (χ4v) is 3.89. The van der Waals surface area contributed by atoms with E-state index in [1.54, 1.807) is 45.0 Å². The van der Waals surface area contributed by atoms with Gasteiger partial charge in [0.2, 0.25) is 0 Å². The lowest BCUT2D eigenvalue weighted by Crippen LogP contribution is -2.13. The van der Waals surface area contributed by atoms with Crippen molar-refractivity contribution in [3.63, 3.8) is 0 Å². The first-order chi connectivity index (χ1) is 17.6. The van der Waals surface area contributed by atoms with E-state index in [2.05, 4.69) is 19.7 Å². The number of benzene rings is 2. The Kier molecular flexibility index (Phi) is 9.01. The normalized spacial score (nSPS) is 12.8. The third-order valence-electron chi connectivity index (χ3n) is 5.85. The second-order valence-corrected chi connectivity index (χ2v) is 9.23. The summed E-state index contributed by atoms with van der Waals surface area (Å²) in [5.74, 6) is -1.08. The highest BCUT2D eigenvalue weighted by atomic mass is 16.6. The Bertz CT molecular complexity index is 1290. The summed E-state index contributed by atoms with van der Waals surface area (Å²) in [5, 5.41) is 0. The van der Waals surface area contributed by atoms with Crippen molar-refractivity contribution in [2.24, 2.45) is 0 Å². The van der Waals surface area contributed by atoms with Gasteiger partial charge in [-0.15, -0.1) is 0 Å². The molecule has 1 saturated carbocycles. The topological polar surface area (TPSA) is 78.9 Å². The lowest BCUT2D eigenvalue weighted by molar-refractivity contribution is -0.132. The minimum Gasteiger partial charge on any atom is -0.423 e. The summed E-state index contributed by atoms with van der Waals surface area (Å²) >= 11 is 0. The van der Waals surface area contributed by atoms with Crippen molar-refractivity contribution in [2.75, 3.05) is 0 Å². The molecule has 0 N–H and O–H groups in total. The largest absolute Gasteiger partial charge is 0.423 e. The number of carbonyl (C=O) groups is 3. The average molecular weight is 501 g/mol. The van der Waals surface area contributed by atoms with Crippen LogP contribution >= 0.6 is 0 Å². The molecule has 192 valence electrons. The molecule has 0 saturated heterocycles. The molecule has 0 bridgehead atoms. The van der Waals surface area contributed by atoms with Crippen molar-refractivity contribution in [2.45, 2.75) is 52.9 Å². The number of carbonyl (C=O) groups excluding carboxylic acids is 3. The molecule has 1 aliphatic rings. The van der Waals surface area contributed by atoms with Crippen LogP contribution in [0.15, 0.2) is 84.5 Å². The molecule has 6 nitrogen and oxygen atoms in total. The smallest absolute Gasteiger partial charge is 0.338 e. The summed E-state index contributed by atoms with van der Waals surface area (Å²) in [6.45, 7) is 15.5. The Balaban J connectivity index is 2.08. The van der Waals surface area contributed by atoms with Gasteiger partial charge >= 0.3 is 17.9 Å². The summed E-state index contributed by atoms with van der Waals surface area (Å²) in [6, 6.07) is 12.4. The molecule has 1 aliphatic carbocycles. The Morgan fingerprint density at radius 3 is 1.65 bits per heavy atom. The van der Waals surface area contributed by atoms with E-state index in [1.165, 1.54) is 12.0 Å². The van der Waals surface area contributed by atoms with Crippen molar-refractivity contribution in [1.29, 1.82) is 0 Å². The monoisotopic (exact) mass is 500 g/mol. The van der Waals surface area contributed by atoms with Crippen LogP contribution in [0.1, 0.15) is 64.0 Å². The zero-order chi connectivity index (χ0) is 27.1. The molecule has 0 aromatic heterocycles. The first-order valence-corrected chi connectivity index (χ1v) is 12.2. The maximum absolute atomic E-state index is 12.4. The first-order valence-electron chi connectivity index (χ1n) is 12.2. The van der Waals surface area contributed by atoms with Gasteiger partial charge in [-0.05, 0) is 87.4 Å². The molecule has 2 aromatic carbocycles. The minimum absolute atomic E-state index is 0.112. The number of rotatable bonds is 8. The van der Waals surface area contributed by atoms with Crippen molar-refractivity contribution in [3.05, 3.63) is 95.6 Å². The molecule has 3 rings (SSSR count). The number of hydrogen-bond acceptors (Lipinski definition) is 6. The van der Waals surface area contributed by atoms with Crippen LogP contribution in [0.3, 0.4) is 0 Å². The molecule has 6 heteroatoms. The van der Waals surface area contributed by atoms with E-state index in [-0.39, 0.29) is 22.6 Å². The summed E-state index contributed by atoms with van der Waals surface area (Å²) in [7, 11) is 0. The average Bonchev–Trinajstić information content (AvgIpc) is 2.87. The summed E-state index contributed by atoms with van der Waals surface area (Å²) in [5.41, 5.74) is 4.77. The number of hydrogen-bond donors (Lipinski definition) is 0. The van der Waals surface area contributed by atoms with E-state index in [0.717, 1.165) is 42.4 Å². The predicted octanol–water partition coefficient (Wildman–Crippen LogP) is 6.90. The maximum Gasteiger partial charge on any atom is 0.338 e.